The first kappa shape index (κ1) is 14.6. The summed E-state index contributed by atoms with van der Waals surface area (Å²) in [4.78, 5) is 24.3. The van der Waals surface area contributed by atoms with Gasteiger partial charge in [-0.3, -0.25) is 0 Å². The number of rotatable bonds is 4. The molecule has 0 unspecified atom stereocenters. The molecular weight excluding hydrogens is 268 g/mol. The quantitative estimate of drug-likeness (QED) is 0.906. The lowest BCUT2D eigenvalue weighted by Crippen LogP contribution is -2.30. The van der Waals surface area contributed by atoms with E-state index >= 15 is 0 Å². The molecule has 0 heterocycles. The summed E-state index contributed by atoms with van der Waals surface area (Å²) in [5, 5.41) is 11.5. The number of hydrogen-bond donors (Lipinski definition) is 2. The van der Waals surface area contributed by atoms with E-state index in [0.29, 0.717) is 12.2 Å². The summed E-state index contributed by atoms with van der Waals surface area (Å²) in [6.45, 7) is 0.500. The van der Waals surface area contributed by atoms with Gasteiger partial charge in [-0.2, -0.15) is 0 Å². The van der Waals surface area contributed by atoms with Gasteiger partial charge in [-0.05, 0) is 29.8 Å². The summed E-state index contributed by atoms with van der Waals surface area (Å²) in [6.07, 6.45) is 0. The molecule has 5 nitrogen and oxygen atoms in total. The molecule has 0 aliphatic heterocycles. The molecule has 2 rings (SSSR count). The summed E-state index contributed by atoms with van der Waals surface area (Å²) < 4.78 is 0. The van der Waals surface area contributed by atoms with Gasteiger partial charge in [0.25, 0.3) is 0 Å². The Hall–Kier alpha value is -2.82. The molecule has 0 spiro atoms. The second-order valence-electron chi connectivity index (χ2n) is 4.65. The third-order valence-electron chi connectivity index (χ3n) is 2.99. The number of hydrogen-bond acceptors (Lipinski definition) is 2. The molecule has 108 valence electrons. The van der Waals surface area contributed by atoms with Crippen molar-refractivity contribution < 1.29 is 14.7 Å². The van der Waals surface area contributed by atoms with Gasteiger partial charge < -0.3 is 15.3 Å². The van der Waals surface area contributed by atoms with Crippen LogP contribution in [0.2, 0.25) is 0 Å². The largest absolute Gasteiger partial charge is 0.478 e. The number of urea groups is 1. The number of carboxylic acid groups (broad SMARTS) is 1. The molecule has 0 saturated heterocycles. The Bertz CT molecular complexity index is 624. The molecule has 0 radical (unpaired) electrons. The minimum atomic E-state index is -0.992. The first-order valence-electron chi connectivity index (χ1n) is 6.45. The number of nitrogens with zero attached hydrogens (tertiary/aromatic N) is 1. The van der Waals surface area contributed by atoms with Crippen LogP contribution in [0.5, 0.6) is 0 Å². The van der Waals surface area contributed by atoms with Gasteiger partial charge in [0.2, 0.25) is 0 Å². The van der Waals surface area contributed by atoms with Crippen molar-refractivity contribution in [2.24, 2.45) is 0 Å². The van der Waals surface area contributed by atoms with E-state index in [9.17, 15) is 9.59 Å². The van der Waals surface area contributed by atoms with E-state index in [1.807, 2.05) is 30.3 Å². The van der Waals surface area contributed by atoms with E-state index in [0.717, 1.165) is 5.56 Å². The Morgan fingerprint density at radius 3 is 2.24 bits per heavy atom. The van der Waals surface area contributed by atoms with Crippen molar-refractivity contribution >= 4 is 17.7 Å². The highest BCUT2D eigenvalue weighted by atomic mass is 16.4. The van der Waals surface area contributed by atoms with Crippen LogP contribution in [-0.2, 0) is 6.54 Å². The maximum atomic E-state index is 12.0. The zero-order chi connectivity index (χ0) is 15.2. The zero-order valence-electron chi connectivity index (χ0n) is 11.6. The molecule has 0 saturated carbocycles. The van der Waals surface area contributed by atoms with Crippen molar-refractivity contribution in [3.8, 4) is 0 Å². The summed E-state index contributed by atoms with van der Waals surface area (Å²) in [7, 11) is 1.70. The van der Waals surface area contributed by atoms with E-state index < -0.39 is 5.97 Å². The van der Waals surface area contributed by atoms with Gasteiger partial charge >= 0.3 is 12.0 Å². The minimum absolute atomic E-state index is 0.186. The number of nitrogens with one attached hydrogen (secondary N) is 1. The lowest BCUT2D eigenvalue weighted by molar-refractivity contribution is 0.0697. The van der Waals surface area contributed by atoms with Gasteiger partial charge in [0.05, 0.1) is 5.56 Å². The maximum absolute atomic E-state index is 12.0. The Balaban J connectivity index is 1.95. The van der Waals surface area contributed by atoms with E-state index in [1.165, 1.54) is 12.1 Å². The molecule has 0 aliphatic carbocycles. The zero-order valence-corrected chi connectivity index (χ0v) is 11.6. The number of carbonyl (C=O) groups excluding carboxylic acids is 1. The van der Waals surface area contributed by atoms with Gasteiger partial charge in [0, 0.05) is 19.3 Å². The van der Waals surface area contributed by atoms with Gasteiger partial charge in [0.15, 0.2) is 0 Å². The van der Waals surface area contributed by atoms with Gasteiger partial charge in [-0.15, -0.1) is 0 Å². The van der Waals surface area contributed by atoms with Crippen molar-refractivity contribution in [2.45, 2.75) is 6.54 Å². The number of amides is 2. The molecule has 0 aliphatic rings. The van der Waals surface area contributed by atoms with E-state index in [1.54, 1.807) is 24.1 Å². The van der Waals surface area contributed by atoms with Crippen molar-refractivity contribution in [3.63, 3.8) is 0 Å². The first-order valence-corrected chi connectivity index (χ1v) is 6.45. The third kappa shape index (κ3) is 4.07. The molecule has 2 N–H and O–H groups in total. The third-order valence-corrected chi connectivity index (χ3v) is 2.99. The fourth-order valence-corrected chi connectivity index (χ4v) is 1.84. The van der Waals surface area contributed by atoms with Crippen LogP contribution in [0.3, 0.4) is 0 Å². The normalized spacial score (nSPS) is 9.95. The predicted molar refractivity (Wildman–Crippen MR) is 80.3 cm³/mol. The van der Waals surface area contributed by atoms with Crippen LogP contribution in [-0.4, -0.2) is 29.1 Å². The molecule has 2 amide bonds. The second-order valence-corrected chi connectivity index (χ2v) is 4.65. The molecular formula is C16H16N2O3. The maximum Gasteiger partial charge on any atom is 0.335 e. The highest BCUT2D eigenvalue weighted by Gasteiger charge is 2.09. The monoisotopic (exact) mass is 284 g/mol. The van der Waals surface area contributed by atoms with Crippen LogP contribution >= 0.6 is 0 Å². The van der Waals surface area contributed by atoms with Gasteiger partial charge in [-0.25, -0.2) is 9.59 Å². The molecule has 2 aromatic carbocycles. The molecule has 2 aromatic rings. The van der Waals surface area contributed by atoms with Gasteiger partial charge in [0.1, 0.15) is 0 Å². The number of aromatic carboxylic acids is 1. The summed E-state index contributed by atoms with van der Waals surface area (Å²) in [5.41, 5.74) is 1.78. The van der Waals surface area contributed by atoms with Crippen LogP contribution in [0.1, 0.15) is 15.9 Å². The SMILES string of the molecule is CN(Cc1ccccc1)C(=O)Nc1ccc(C(=O)O)cc1. The fraction of sp³-hybridized carbons (Fsp3) is 0.125. The average Bonchev–Trinajstić information content (AvgIpc) is 2.48. The summed E-state index contributed by atoms with van der Waals surface area (Å²) in [5.74, 6) is -0.992. The Morgan fingerprint density at radius 1 is 1.05 bits per heavy atom. The number of benzene rings is 2. The molecule has 0 atom stereocenters. The fourth-order valence-electron chi connectivity index (χ4n) is 1.84. The highest BCUT2D eigenvalue weighted by Crippen LogP contribution is 2.11. The van der Waals surface area contributed by atoms with Crippen LogP contribution < -0.4 is 5.32 Å². The van der Waals surface area contributed by atoms with E-state index in [2.05, 4.69) is 5.32 Å². The minimum Gasteiger partial charge on any atom is -0.478 e. The lowest BCUT2D eigenvalue weighted by Gasteiger charge is -2.18. The smallest absolute Gasteiger partial charge is 0.335 e. The Morgan fingerprint density at radius 2 is 1.67 bits per heavy atom. The van der Waals surface area contributed by atoms with Crippen molar-refractivity contribution in [1.82, 2.24) is 4.90 Å². The standard InChI is InChI=1S/C16H16N2O3/c1-18(11-12-5-3-2-4-6-12)16(21)17-14-9-7-13(8-10-14)15(19)20/h2-10H,11H2,1H3,(H,17,21)(H,19,20). The summed E-state index contributed by atoms with van der Waals surface area (Å²) in [6, 6.07) is 15.5. The molecule has 0 fully saturated rings. The van der Waals surface area contributed by atoms with Crippen LogP contribution in [0.4, 0.5) is 10.5 Å². The lowest BCUT2D eigenvalue weighted by atomic mass is 10.2. The molecule has 5 heteroatoms. The first-order chi connectivity index (χ1) is 10.1. The number of carboxylic acids is 1. The number of carbonyl (C=O) groups is 2. The van der Waals surface area contributed by atoms with Crippen molar-refractivity contribution in [1.29, 1.82) is 0 Å². The summed E-state index contributed by atoms with van der Waals surface area (Å²) >= 11 is 0. The van der Waals surface area contributed by atoms with E-state index in [4.69, 9.17) is 5.11 Å². The van der Waals surface area contributed by atoms with Crippen molar-refractivity contribution in [3.05, 3.63) is 65.7 Å². The van der Waals surface area contributed by atoms with Crippen LogP contribution in [0, 0.1) is 0 Å². The van der Waals surface area contributed by atoms with E-state index in [-0.39, 0.29) is 11.6 Å². The van der Waals surface area contributed by atoms with Gasteiger partial charge in [-0.1, -0.05) is 30.3 Å². The predicted octanol–water partition coefficient (Wildman–Crippen LogP) is 3.05. The molecule has 0 aromatic heterocycles. The van der Waals surface area contributed by atoms with Crippen LogP contribution in [0.15, 0.2) is 54.6 Å². The number of anilines is 1. The highest BCUT2D eigenvalue weighted by molar-refractivity contribution is 5.91. The molecule has 0 bridgehead atoms. The second kappa shape index (κ2) is 6.56. The van der Waals surface area contributed by atoms with Crippen molar-refractivity contribution in [2.75, 3.05) is 12.4 Å². The average molecular weight is 284 g/mol. The molecule has 21 heavy (non-hydrogen) atoms. The Kier molecular flexibility index (Phi) is 4.56. The Labute approximate surface area is 122 Å². The van der Waals surface area contributed by atoms with Crippen LogP contribution in [0.25, 0.3) is 0 Å². The topological polar surface area (TPSA) is 69.6 Å².